The molecule has 0 aliphatic carbocycles. The van der Waals surface area contributed by atoms with Gasteiger partial charge < -0.3 is 24.4 Å². The summed E-state index contributed by atoms with van der Waals surface area (Å²) in [6.07, 6.45) is 5.14. The summed E-state index contributed by atoms with van der Waals surface area (Å²) < 4.78 is 17.2. The first-order valence-electron chi connectivity index (χ1n) is 13.6. The van der Waals surface area contributed by atoms with Crippen molar-refractivity contribution in [2.75, 3.05) is 0 Å². The van der Waals surface area contributed by atoms with E-state index >= 15 is 0 Å². The lowest BCUT2D eigenvalue weighted by atomic mass is 9.71. The first-order valence-corrected chi connectivity index (χ1v) is 13.6. The molecule has 38 heavy (non-hydrogen) atoms. The van der Waals surface area contributed by atoms with E-state index in [9.17, 15) is 19.8 Å². The average Bonchev–Trinajstić information content (AvgIpc) is 3.79. The van der Waals surface area contributed by atoms with Gasteiger partial charge in [-0.2, -0.15) is 0 Å². The fraction of sp³-hybridized carbons (Fsp3) is 0.633. The monoisotopic (exact) mass is 527 g/mol. The van der Waals surface area contributed by atoms with Crippen LogP contribution in [0, 0.1) is 17.3 Å². The van der Waals surface area contributed by atoms with Gasteiger partial charge in [0.15, 0.2) is 0 Å². The van der Waals surface area contributed by atoms with Crippen molar-refractivity contribution in [2.24, 2.45) is 17.3 Å². The Labute approximate surface area is 225 Å². The zero-order valence-corrected chi connectivity index (χ0v) is 23.1. The maximum absolute atomic E-state index is 13.7. The quantitative estimate of drug-likeness (QED) is 0.438. The van der Waals surface area contributed by atoms with E-state index in [0.717, 1.165) is 30.5 Å². The lowest BCUT2D eigenvalue weighted by Crippen LogP contribution is -2.46. The summed E-state index contributed by atoms with van der Waals surface area (Å²) in [6.45, 7) is 9.16. The Kier molecular flexibility index (Phi) is 8.45. The van der Waals surface area contributed by atoms with Crippen LogP contribution in [0.2, 0.25) is 0 Å². The van der Waals surface area contributed by atoms with E-state index in [-0.39, 0.29) is 36.2 Å². The summed E-state index contributed by atoms with van der Waals surface area (Å²) in [5.41, 5.74) is -0.0204. The summed E-state index contributed by atoms with van der Waals surface area (Å²) >= 11 is 0. The van der Waals surface area contributed by atoms with Crippen LogP contribution in [0.15, 0.2) is 42.0 Å². The van der Waals surface area contributed by atoms with E-state index in [4.69, 9.17) is 14.2 Å². The van der Waals surface area contributed by atoms with E-state index in [0.29, 0.717) is 12.2 Å². The van der Waals surface area contributed by atoms with Gasteiger partial charge in [-0.3, -0.25) is 14.6 Å². The Hall–Kier alpha value is -2.55. The Bertz CT molecular complexity index is 1080. The van der Waals surface area contributed by atoms with Gasteiger partial charge in [-0.1, -0.05) is 33.3 Å². The second-order valence-corrected chi connectivity index (χ2v) is 12.0. The molecule has 4 heterocycles. The van der Waals surface area contributed by atoms with Gasteiger partial charge in [-0.15, -0.1) is 0 Å². The number of nitrogens with zero attached hydrogens (tertiary/aromatic N) is 1. The van der Waals surface area contributed by atoms with Gasteiger partial charge in [-0.05, 0) is 56.4 Å². The summed E-state index contributed by atoms with van der Waals surface area (Å²) in [5, 5.41) is 22.3. The molecule has 4 rings (SSSR count). The number of Topliss-reactive ketones (excluding diaryl/α,β-unsaturated/α-hetero) is 1. The number of fused-ring (bicyclic) bond motifs is 1. The third-order valence-electron chi connectivity index (χ3n) is 8.51. The van der Waals surface area contributed by atoms with Crippen molar-refractivity contribution in [1.82, 2.24) is 4.98 Å². The van der Waals surface area contributed by atoms with Crippen molar-refractivity contribution in [3.8, 4) is 0 Å². The maximum Gasteiger partial charge on any atom is 0.309 e. The number of aromatic nitrogens is 1. The first-order chi connectivity index (χ1) is 17.9. The average molecular weight is 528 g/mol. The van der Waals surface area contributed by atoms with Crippen LogP contribution < -0.4 is 0 Å². The minimum absolute atomic E-state index is 0.0739. The third-order valence-corrected chi connectivity index (χ3v) is 8.51. The highest BCUT2D eigenvalue weighted by atomic mass is 16.6. The van der Waals surface area contributed by atoms with E-state index in [1.807, 2.05) is 38.1 Å². The number of epoxide rings is 1. The summed E-state index contributed by atoms with van der Waals surface area (Å²) in [6, 6.07) is 5.61. The molecule has 0 aromatic carbocycles. The van der Waals surface area contributed by atoms with E-state index in [1.54, 1.807) is 26.3 Å². The molecule has 3 aliphatic rings. The molecule has 1 aromatic heterocycles. The van der Waals surface area contributed by atoms with Crippen molar-refractivity contribution in [1.29, 1.82) is 0 Å². The van der Waals surface area contributed by atoms with Gasteiger partial charge in [-0.25, -0.2) is 0 Å². The number of cyclic esters (lactones) is 1. The van der Waals surface area contributed by atoms with E-state index < -0.39 is 35.6 Å². The smallest absolute Gasteiger partial charge is 0.309 e. The molecule has 8 heteroatoms. The first kappa shape index (κ1) is 28.5. The minimum Gasteiger partial charge on any atom is -0.463 e. The molecule has 0 bridgehead atoms. The van der Waals surface area contributed by atoms with Gasteiger partial charge in [0, 0.05) is 19.0 Å². The number of aliphatic hydroxyl groups is 2. The molecule has 8 nitrogen and oxygen atoms in total. The number of carbonyl (C=O) groups is 2. The highest BCUT2D eigenvalue weighted by Gasteiger charge is 2.53. The molecule has 2 N–H and O–H groups in total. The van der Waals surface area contributed by atoms with Gasteiger partial charge >= 0.3 is 5.97 Å². The molecule has 1 aromatic rings. The van der Waals surface area contributed by atoms with Gasteiger partial charge in [0.25, 0.3) is 0 Å². The number of rotatable bonds is 4. The number of carbonyl (C=O) groups excluding carboxylic acids is 2. The molecule has 3 aliphatic heterocycles. The fourth-order valence-electron chi connectivity index (χ4n) is 5.44. The minimum atomic E-state index is -1.28. The summed E-state index contributed by atoms with van der Waals surface area (Å²) in [7, 11) is 0. The SMILES string of the molecule is C/C(=C\c1ccccn1)C1CC2OC2(C)CCCC(C)C(O)C(CC2=CO2)C(=O)C(C)(C)C(O)CC(=O)O1. The Morgan fingerprint density at radius 2 is 1.95 bits per heavy atom. The Balaban J connectivity index is 1.58. The van der Waals surface area contributed by atoms with Gasteiger partial charge in [0.2, 0.25) is 0 Å². The number of pyridine rings is 1. The third kappa shape index (κ3) is 6.71. The van der Waals surface area contributed by atoms with Crippen LogP contribution in [0.4, 0.5) is 0 Å². The van der Waals surface area contributed by atoms with E-state index in [2.05, 4.69) is 11.9 Å². The number of ketones is 1. The van der Waals surface area contributed by atoms with Gasteiger partial charge in [0.05, 0.1) is 47.4 Å². The molecule has 0 spiro atoms. The summed E-state index contributed by atoms with van der Waals surface area (Å²) in [5.74, 6) is -1.10. The van der Waals surface area contributed by atoms with Crippen molar-refractivity contribution >= 4 is 17.8 Å². The highest BCUT2D eigenvalue weighted by molar-refractivity contribution is 5.88. The van der Waals surface area contributed by atoms with Crippen LogP contribution in [0.5, 0.6) is 0 Å². The molecule has 7 atom stereocenters. The predicted molar refractivity (Wildman–Crippen MR) is 141 cm³/mol. The number of ether oxygens (including phenoxy) is 3. The topological polar surface area (TPSA) is 122 Å². The number of hydrogen-bond donors (Lipinski definition) is 2. The van der Waals surface area contributed by atoms with Gasteiger partial charge in [0.1, 0.15) is 23.9 Å². The molecule has 2 saturated heterocycles. The van der Waals surface area contributed by atoms with Crippen molar-refractivity contribution in [2.45, 2.75) is 103 Å². The largest absolute Gasteiger partial charge is 0.463 e. The second kappa shape index (κ2) is 11.3. The standard InChI is InChI=1S/C30H41NO7/c1-18-9-8-11-30(5)25(38-30)15-23(19(2)13-20-10-6-7-12-31-20)37-26(33)16-24(32)29(3,4)28(35)22(27(18)34)14-21-17-36-21/h6-7,10,12-13,17-18,22-25,27,32,34H,8-9,11,14-16H2,1-5H3/b19-13+. The van der Waals surface area contributed by atoms with Crippen LogP contribution in [-0.4, -0.2) is 57.0 Å². The summed E-state index contributed by atoms with van der Waals surface area (Å²) in [4.78, 5) is 31.1. The molecule has 0 amide bonds. The number of esters is 1. The zero-order chi connectivity index (χ0) is 27.7. The highest BCUT2D eigenvalue weighted by Crippen LogP contribution is 2.45. The normalized spacial score (nSPS) is 36.4. The van der Waals surface area contributed by atoms with Crippen LogP contribution in [0.1, 0.15) is 78.8 Å². The number of allylic oxidation sites excluding steroid dienone is 1. The molecule has 208 valence electrons. The van der Waals surface area contributed by atoms with Crippen molar-refractivity contribution < 1.29 is 34.0 Å². The molecule has 2 fully saturated rings. The van der Waals surface area contributed by atoms with Crippen molar-refractivity contribution in [3.05, 3.63) is 47.7 Å². The molecule has 0 saturated carbocycles. The van der Waals surface area contributed by atoms with Crippen LogP contribution in [0.25, 0.3) is 6.08 Å². The van der Waals surface area contributed by atoms with Crippen LogP contribution in [-0.2, 0) is 23.8 Å². The Morgan fingerprint density at radius 3 is 2.61 bits per heavy atom. The maximum atomic E-state index is 13.7. The predicted octanol–water partition coefficient (Wildman–Crippen LogP) is 4.35. The van der Waals surface area contributed by atoms with Crippen LogP contribution >= 0.6 is 0 Å². The second-order valence-electron chi connectivity index (χ2n) is 12.0. The number of aliphatic hydroxyl groups excluding tert-OH is 2. The zero-order valence-electron chi connectivity index (χ0n) is 23.1. The molecular weight excluding hydrogens is 486 g/mol. The molecular formula is C30H41NO7. The van der Waals surface area contributed by atoms with Crippen LogP contribution in [0.3, 0.4) is 0 Å². The lowest BCUT2D eigenvalue weighted by Gasteiger charge is -2.35. The lowest BCUT2D eigenvalue weighted by molar-refractivity contribution is -0.154. The number of hydrogen-bond acceptors (Lipinski definition) is 8. The molecule has 7 unspecified atom stereocenters. The molecule has 0 radical (unpaired) electrons. The van der Waals surface area contributed by atoms with Crippen molar-refractivity contribution in [3.63, 3.8) is 0 Å². The van der Waals surface area contributed by atoms with E-state index in [1.165, 1.54) is 0 Å². The Morgan fingerprint density at radius 1 is 1.21 bits per heavy atom. The fourth-order valence-corrected chi connectivity index (χ4v) is 5.44.